The Kier molecular flexibility index (Phi) is 20.3. The molecule has 0 heterocycles. The molecule has 0 radical (unpaired) electrons. The van der Waals surface area contributed by atoms with Gasteiger partial charge in [0.2, 0.25) is 0 Å². The van der Waals surface area contributed by atoms with Gasteiger partial charge in [-0.25, -0.2) is 8.42 Å². The third-order valence-electron chi connectivity index (χ3n) is 9.17. The Morgan fingerprint density at radius 2 is 1.36 bits per heavy atom. The summed E-state index contributed by atoms with van der Waals surface area (Å²) in [5, 5.41) is 0. The number of aryl methyl sites for hydroxylation is 1. The topological polar surface area (TPSA) is 94.6 Å². The Balaban J connectivity index is 0.000000963. The number of nitrogens with zero attached hydrogens (tertiary/aromatic N) is 1. The monoisotopic (exact) mass is 961 g/mol. The molecule has 3 rings (SSSR count). The summed E-state index contributed by atoms with van der Waals surface area (Å²) in [4.78, 5) is 0.415. The number of alkyl halides is 3. The largest absolute Gasteiger partial charge is 0.741 e. The molecule has 1 fully saturated rings. The summed E-state index contributed by atoms with van der Waals surface area (Å²) in [6.45, 7) is 9.55. The van der Waals surface area contributed by atoms with Crippen molar-refractivity contribution in [1.29, 1.82) is 0 Å². The summed E-state index contributed by atoms with van der Waals surface area (Å²) in [6.07, 6.45) is 15.0. The van der Waals surface area contributed by atoms with Crippen molar-refractivity contribution in [2.24, 2.45) is 11.8 Å². The van der Waals surface area contributed by atoms with Crippen molar-refractivity contribution >= 4 is 38.5 Å². The zero-order valence-electron chi connectivity index (χ0n) is 30.0. The predicted octanol–water partition coefficient (Wildman–Crippen LogP) is 6.89. The van der Waals surface area contributed by atoms with Crippen LogP contribution in [0.2, 0.25) is 13.3 Å². The average molecular weight is 961 g/mol. The molecular weight excluding hydrogens is 905 g/mol. The number of unbranched alkanes of at least 4 members (excludes halogenated alkanes) is 3. The molecular formula is C37H55F3INO5S2Sn. The smallest absolute Gasteiger partial charge is 0.485 e. The maximum Gasteiger partial charge on any atom is 0.485 e. The Morgan fingerprint density at radius 3 is 1.82 bits per heavy atom. The van der Waals surface area contributed by atoms with Crippen molar-refractivity contribution in [2.45, 2.75) is 128 Å². The van der Waals surface area contributed by atoms with E-state index in [9.17, 15) is 21.6 Å². The van der Waals surface area contributed by atoms with Crippen LogP contribution in [0, 0.1) is 32.2 Å². The van der Waals surface area contributed by atoms with Crippen LogP contribution in [0.4, 0.5) is 13.2 Å². The third-order valence-corrected chi connectivity index (χ3v) is 28.8. The molecule has 0 bridgehead atoms. The Bertz CT molecular complexity index is 1520. The fourth-order valence-corrected chi connectivity index (χ4v) is 24.6. The number of benzene rings is 2. The molecule has 1 atom stereocenters. The van der Waals surface area contributed by atoms with Crippen LogP contribution in [0.15, 0.2) is 59.5 Å². The van der Waals surface area contributed by atoms with Crippen molar-refractivity contribution < 1.29 is 56.0 Å². The molecule has 2 aromatic rings. The second-order valence-electron chi connectivity index (χ2n) is 13.3. The van der Waals surface area contributed by atoms with Crippen molar-refractivity contribution in [3.8, 4) is 9.86 Å². The van der Waals surface area contributed by atoms with Gasteiger partial charge in [0.05, 0.1) is 0 Å². The zero-order chi connectivity index (χ0) is 37.3. The van der Waals surface area contributed by atoms with Gasteiger partial charge in [0.25, 0.3) is 0 Å². The van der Waals surface area contributed by atoms with Crippen LogP contribution >= 0.6 is 0 Å². The second-order valence-corrected chi connectivity index (χ2v) is 32.3. The second kappa shape index (κ2) is 22.4. The molecule has 2 aromatic carbocycles. The van der Waals surface area contributed by atoms with Crippen molar-refractivity contribution in [3.05, 3.63) is 63.7 Å². The first kappa shape index (κ1) is 45.3. The minimum atomic E-state index is -6.09. The minimum Gasteiger partial charge on any atom is -0.741 e. The summed E-state index contributed by atoms with van der Waals surface area (Å²) in [6, 6.07) is 17.6. The van der Waals surface area contributed by atoms with Crippen LogP contribution in [0.5, 0.6) is 0 Å². The van der Waals surface area contributed by atoms with E-state index in [2.05, 4.69) is 42.8 Å². The van der Waals surface area contributed by atoms with Gasteiger partial charge >= 0.3 is 281 Å². The molecule has 0 aliphatic heterocycles. The van der Waals surface area contributed by atoms with Gasteiger partial charge in [-0.05, 0) is 0 Å². The Labute approximate surface area is 315 Å². The maximum atomic E-state index is 14.0. The summed E-state index contributed by atoms with van der Waals surface area (Å²) in [5.74, 6) is 4.93. The van der Waals surface area contributed by atoms with E-state index >= 15 is 0 Å². The van der Waals surface area contributed by atoms with Crippen molar-refractivity contribution in [1.82, 2.24) is 2.52 Å². The van der Waals surface area contributed by atoms with E-state index in [1.54, 1.807) is 12.1 Å². The number of hydrogen-bond acceptors (Lipinski definition) is 5. The molecule has 0 N–H and O–H groups in total. The van der Waals surface area contributed by atoms with Gasteiger partial charge < -0.3 is 4.55 Å². The van der Waals surface area contributed by atoms with Crippen molar-refractivity contribution in [3.63, 3.8) is 0 Å². The molecule has 282 valence electrons. The number of hydrogen-bond donors (Lipinski definition) is 0. The van der Waals surface area contributed by atoms with E-state index in [1.807, 2.05) is 39.8 Å². The minimum absolute atomic E-state index is 0.307. The van der Waals surface area contributed by atoms with Gasteiger partial charge in [0.15, 0.2) is 10.1 Å². The Morgan fingerprint density at radius 1 is 0.860 bits per heavy atom. The van der Waals surface area contributed by atoms with Gasteiger partial charge in [0, 0.05) is 0 Å². The van der Waals surface area contributed by atoms with E-state index in [1.165, 1.54) is 83.9 Å². The van der Waals surface area contributed by atoms with E-state index in [-0.39, 0.29) is 0 Å². The Hall–Kier alpha value is -0.861. The van der Waals surface area contributed by atoms with Crippen molar-refractivity contribution in [2.75, 3.05) is 6.54 Å². The quantitative estimate of drug-likeness (QED) is 0.0431. The molecule has 0 spiro atoms. The zero-order valence-corrected chi connectivity index (χ0v) is 36.6. The normalized spacial score (nSPS) is 15.1. The van der Waals surface area contributed by atoms with E-state index in [4.69, 9.17) is 13.0 Å². The van der Waals surface area contributed by atoms with Crippen LogP contribution in [0.25, 0.3) is 0 Å². The van der Waals surface area contributed by atoms with Gasteiger partial charge in [0.1, 0.15) is 0 Å². The molecule has 0 amide bonds. The average Bonchev–Trinajstić information content (AvgIpc) is 3.08. The predicted molar refractivity (Wildman–Crippen MR) is 193 cm³/mol. The maximum absolute atomic E-state index is 14.0. The molecule has 1 unspecified atom stereocenters. The number of sulfonamides is 1. The summed E-state index contributed by atoms with van der Waals surface area (Å²) < 4.78 is 98.4. The van der Waals surface area contributed by atoms with Gasteiger partial charge in [-0.15, -0.1) is 0 Å². The first-order valence-electron chi connectivity index (χ1n) is 17.9. The molecule has 1 aliphatic carbocycles. The SMILES string of the molecule is CCC[CH2][Sn]([C]#CC(CCN([I+]c1ccccc1)S(=O)(=O)c1ccc(C)cc1)C1CCCCC1)([CH2]CCC)[CH2]CCC.O=S(=O)([O-])C(F)(F)F. The molecule has 0 aromatic heterocycles. The van der Waals surface area contributed by atoms with Crippen LogP contribution in [-0.2, 0) is 20.1 Å². The summed E-state index contributed by atoms with van der Waals surface area (Å²) in [5.41, 5.74) is -4.57. The molecule has 1 aliphatic rings. The van der Waals surface area contributed by atoms with Crippen LogP contribution in [0.3, 0.4) is 0 Å². The van der Waals surface area contributed by atoms with Gasteiger partial charge in [-0.3, -0.25) is 0 Å². The number of rotatable bonds is 17. The standard InChI is InChI=1S/C24H28INO2S.3C4H9.CHF3O3S.Sn/c1-3-21(22-10-6-4-7-11-22)18-19-26(25-23-12-8-5-9-13-23)29(27,28)24-16-14-20(2)15-17-24;3*1-3-4-2;2-1(3,4)8(5,6)7;/h5,8-9,12-17,21-22H,4,6-7,10-11,18-19H2,2H3;3*1,3-4H2,2H3;(H,5,6,7);/q+1;;;;;/p-1. The third kappa shape index (κ3) is 15.6. The van der Waals surface area contributed by atoms with E-state index in [0.717, 1.165) is 15.6 Å². The van der Waals surface area contributed by atoms with Crippen LogP contribution < -0.4 is 21.5 Å². The van der Waals surface area contributed by atoms with Crippen LogP contribution in [-0.4, -0.2) is 54.3 Å². The molecule has 13 heteroatoms. The first-order chi connectivity index (χ1) is 23.6. The fraction of sp³-hybridized carbons (Fsp3) is 0.622. The van der Waals surface area contributed by atoms with E-state index < -0.39 is 65.5 Å². The molecule has 50 heavy (non-hydrogen) atoms. The molecule has 1 saturated carbocycles. The van der Waals surface area contributed by atoms with Gasteiger partial charge in [-0.1, -0.05) is 0 Å². The van der Waals surface area contributed by atoms with Crippen LogP contribution in [0.1, 0.15) is 103 Å². The number of halogens is 4. The fourth-order valence-electron chi connectivity index (χ4n) is 6.17. The molecule has 6 nitrogen and oxygen atoms in total. The summed E-state index contributed by atoms with van der Waals surface area (Å²) >= 11 is -3.46. The van der Waals surface area contributed by atoms with Gasteiger partial charge in [-0.2, -0.15) is 13.2 Å². The van der Waals surface area contributed by atoms with E-state index in [0.29, 0.717) is 23.3 Å². The first-order valence-corrected chi connectivity index (χ1v) is 30.3. The molecule has 0 saturated heterocycles. The summed E-state index contributed by atoms with van der Waals surface area (Å²) in [7, 11) is -9.66.